The molecule has 0 bridgehead atoms. The molecule has 2 aliphatic heterocycles. The lowest BCUT2D eigenvalue weighted by Gasteiger charge is -2.35. The minimum atomic E-state index is 0. The van der Waals surface area contributed by atoms with E-state index in [1.54, 1.807) is 0 Å². The normalized spacial score (nSPS) is 31.8. The highest BCUT2D eigenvalue weighted by atomic mass is 127. The third-order valence-electron chi connectivity index (χ3n) is 6.29. The van der Waals surface area contributed by atoms with Crippen molar-refractivity contribution in [1.82, 2.24) is 20.4 Å². The van der Waals surface area contributed by atoms with Crippen LogP contribution in [0.5, 0.6) is 0 Å². The number of halogens is 1. The van der Waals surface area contributed by atoms with Gasteiger partial charge in [0.15, 0.2) is 5.96 Å². The first-order valence-electron chi connectivity index (χ1n) is 10.6. The minimum absolute atomic E-state index is 0. The SMILES string of the molecule is CN=C(NCCN1CC(C)CC(C)C1)NC1CCN(C2CCCC2)C1.I. The van der Waals surface area contributed by atoms with Gasteiger partial charge in [-0.1, -0.05) is 26.7 Å². The lowest BCUT2D eigenvalue weighted by molar-refractivity contribution is 0.143. The summed E-state index contributed by atoms with van der Waals surface area (Å²) in [5.74, 6) is 2.65. The first kappa shape index (κ1) is 22.2. The van der Waals surface area contributed by atoms with E-state index in [-0.39, 0.29) is 24.0 Å². The van der Waals surface area contributed by atoms with Crippen molar-refractivity contribution < 1.29 is 0 Å². The van der Waals surface area contributed by atoms with Gasteiger partial charge in [0.1, 0.15) is 0 Å². The predicted molar refractivity (Wildman–Crippen MR) is 122 cm³/mol. The van der Waals surface area contributed by atoms with E-state index in [1.165, 1.54) is 64.7 Å². The van der Waals surface area contributed by atoms with E-state index in [0.717, 1.165) is 36.9 Å². The van der Waals surface area contributed by atoms with Gasteiger partial charge in [-0.25, -0.2) is 0 Å². The fourth-order valence-electron chi connectivity index (χ4n) is 5.20. The Kier molecular flexibility index (Phi) is 9.44. The summed E-state index contributed by atoms with van der Waals surface area (Å²) < 4.78 is 0. The smallest absolute Gasteiger partial charge is 0.191 e. The van der Waals surface area contributed by atoms with Crippen molar-refractivity contribution in [3.05, 3.63) is 0 Å². The molecule has 152 valence electrons. The van der Waals surface area contributed by atoms with Crippen molar-refractivity contribution >= 4 is 29.9 Å². The van der Waals surface area contributed by atoms with Gasteiger partial charge < -0.3 is 15.5 Å². The molecule has 2 heterocycles. The summed E-state index contributed by atoms with van der Waals surface area (Å²) in [4.78, 5) is 9.75. The van der Waals surface area contributed by atoms with E-state index < -0.39 is 0 Å². The van der Waals surface area contributed by atoms with Gasteiger partial charge in [0, 0.05) is 58.4 Å². The van der Waals surface area contributed by atoms with Gasteiger partial charge in [-0.05, 0) is 37.5 Å². The van der Waals surface area contributed by atoms with Gasteiger partial charge in [-0.3, -0.25) is 9.89 Å². The second-order valence-corrected chi connectivity index (χ2v) is 8.77. The fraction of sp³-hybridized carbons (Fsp3) is 0.950. The largest absolute Gasteiger partial charge is 0.355 e. The lowest BCUT2D eigenvalue weighted by atomic mass is 9.92. The second-order valence-electron chi connectivity index (χ2n) is 8.77. The van der Waals surface area contributed by atoms with Crippen LogP contribution in [-0.2, 0) is 0 Å². The van der Waals surface area contributed by atoms with Gasteiger partial charge in [-0.2, -0.15) is 0 Å². The van der Waals surface area contributed by atoms with E-state index >= 15 is 0 Å². The second kappa shape index (κ2) is 11.1. The number of hydrogen-bond acceptors (Lipinski definition) is 3. The molecule has 0 spiro atoms. The molecule has 0 aromatic rings. The van der Waals surface area contributed by atoms with Crippen molar-refractivity contribution in [2.24, 2.45) is 16.8 Å². The molecular formula is C20H40IN5. The molecule has 3 unspecified atom stereocenters. The lowest BCUT2D eigenvalue weighted by Crippen LogP contribution is -2.48. The molecule has 3 rings (SSSR count). The van der Waals surface area contributed by atoms with Crippen LogP contribution in [0.3, 0.4) is 0 Å². The van der Waals surface area contributed by atoms with Crippen LogP contribution in [0.1, 0.15) is 52.4 Å². The third kappa shape index (κ3) is 6.51. The number of nitrogens with zero attached hydrogens (tertiary/aromatic N) is 3. The zero-order valence-electron chi connectivity index (χ0n) is 17.0. The van der Waals surface area contributed by atoms with Gasteiger partial charge >= 0.3 is 0 Å². The molecule has 3 aliphatic rings. The highest BCUT2D eigenvalue weighted by Crippen LogP contribution is 2.26. The summed E-state index contributed by atoms with van der Waals surface area (Å²) >= 11 is 0. The van der Waals surface area contributed by atoms with Crippen LogP contribution in [0.4, 0.5) is 0 Å². The Morgan fingerprint density at radius 3 is 2.38 bits per heavy atom. The molecular weight excluding hydrogens is 437 g/mol. The molecule has 2 saturated heterocycles. The number of aliphatic imine (C=N–C) groups is 1. The maximum absolute atomic E-state index is 4.44. The summed E-state index contributed by atoms with van der Waals surface area (Å²) in [6, 6.07) is 1.41. The van der Waals surface area contributed by atoms with Crippen molar-refractivity contribution in [2.45, 2.75) is 64.5 Å². The van der Waals surface area contributed by atoms with E-state index in [2.05, 4.69) is 39.3 Å². The average Bonchev–Trinajstić information content (AvgIpc) is 3.24. The molecule has 1 saturated carbocycles. The van der Waals surface area contributed by atoms with E-state index in [1.807, 2.05) is 7.05 Å². The summed E-state index contributed by atoms with van der Waals surface area (Å²) in [7, 11) is 1.89. The fourth-order valence-corrected chi connectivity index (χ4v) is 5.20. The summed E-state index contributed by atoms with van der Waals surface area (Å²) in [5.41, 5.74) is 0. The summed E-state index contributed by atoms with van der Waals surface area (Å²) in [5, 5.41) is 7.19. The predicted octanol–water partition coefficient (Wildman–Crippen LogP) is 2.76. The Balaban J connectivity index is 0.00000243. The van der Waals surface area contributed by atoms with Gasteiger partial charge in [0.25, 0.3) is 0 Å². The van der Waals surface area contributed by atoms with Crippen LogP contribution in [0.2, 0.25) is 0 Å². The molecule has 0 aromatic heterocycles. The Morgan fingerprint density at radius 2 is 1.73 bits per heavy atom. The van der Waals surface area contributed by atoms with Crippen LogP contribution in [-0.4, -0.2) is 74.2 Å². The molecule has 2 N–H and O–H groups in total. The highest BCUT2D eigenvalue weighted by Gasteiger charge is 2.30. The van der Waals surface area contributed by atoms with Crippen LogP contribution < -0.4 is 10.6 Å². The maximum Gasteiger partial charge on any atom is 0.191 e. The van der Waals surface area contributed by atoms with Crippen LogP contribution in [0.25, 0.3) is 0 Å². The topological polar surface area (TPSA) is 42.9 Å². The Hall–Kier alpha value is -0.0800. The van der Waals surface area contributed by atoms with E-state index in [9.17, 15) is 0 Å². The third-order valence-corrected chi connectivity index (χ3v) is 6.29. The quantitative estimate of drug-likeness (QED) is 0.363. The molecule has 5 nitrogen and oxygen atoms in total. The zero-order chi connectivity index (χ0) is 17.6. The standard InChI is InChI=1S/C20H39N5.HI/c1-16-12-17(2)14-24(13-16)11-9-22-20(21-3)23-18-8-10-25(15-18)19-6-4-5-7-19;/h16-19H,4-15H2,1-3H3,(H2,21,22,23);1H. The highest BCUT2D eigenvalue weighted by molar-refractivity contribution is 14.0. The number of likely N-dealkylation sites (tertiary alicyclic amines) is 2. The van der Waals surface area contributed by atoms with Crippen LogP contribution >= 0.6 is 24.0 Å². The minimum Gasteiger partial charge on any atom is -0.355 e. The molecule has 6 heteroatoms. The summed E-state index contributed by atoms with van der Waals surface area (Å²) in [6.07, 6.45) is 8.30. The van der Waals surface area contributed by atoms with Crippen LogP contribution in [0, 0.1) is 11.8 Å². The van der Waals surface area contributed by atoms with Crippen LogP contribution in [0.15, 0.2) is 4.99 Å². The average molecular weight is 477 g/mol. The first-order valence-corrected chi connectivity index (χ1v) is 10.6. The molecule has 3 fully saturated rings. The van der Waals surface area contributed by atoms with Crippen molar-refractivity contribution in [3.8, 4) is 0 Å². The van der Waals surface area contributed by atoms with Crippen molar-refractivity contribution in [3.63, 3.8) is 0 Å². The number of piperidine rings is 1. The maximum atomic E-state index is 4.44. The molecule has 26 heavy (non-hydrogen) atoms. The monoisotopic (exact) mass is 477 g/mol. The zero-order valence-corrected chi connectivity index (χ0v) is 19.4. The molecule has 0 amide bonds. The number of guanidine groups is 1. The van der Waals surface area contributed by atoms with E-state index in [0.29, 0.717) is 6.04 Å². The molecule has 3 atom stereocenters. The summed E-state index contributed by atoms with van der Waals surface area (Å²) in [6.45, 7) is 11.8. The number of nitrogens with one attached hydrogen (secondary N) is 2. The van der Waals surface area contributed by atoms with Crippen molar-refractivity contribution in [1.29, 1.82) is 0 Å². The number of hydrogen-bond donors (Lipinski definition) is 2. The molecule has 0 aromatic carbocycles. The van der Waals surface area contributed by atoms with E-state index in [4.69, 9.17) is 0 Å². The van der Waals surface area contributed by atoms with Gasteiger partial charge in [0.05, 0.1) is 0 Å². The Labute approximate surface area is 177 Å². The first-order chi connectivity index (χ1) is 12.1. The molecule has 1 aliphatic carbocycles. The Morgan fingerprint density at radius 1 is 1.04 bits per heavy atom. The number of rotatable bonds is 5. The van der Waals surface area contributed by atoms with Crippen molar-refractivity contribution in [2.75, 3.05) is 46.3 Å². The van der Waals surface area contributed by atoms with Gasteiger partial charge in [0.2, 0.25) is 0 Å². The van der Waals surface area contributed by atoms with Gasteiger partial charge in [-0.15, -0.1) is 24.0 Å². The molecule has 0 radical (unpaired) electrons. The Bertz CT molecular complexity index is 428.